The summed E-state index contributed by atoms with van der Waals surface area (Å²) in [6, 6.07) is 2.54. The van der Waals surface area contributed by atoms with E-state index in [1.165, 1.54) is 6.20 Å². The highest BCUT2D eigenvalue weighted by Crippen LogP contribution is 2.19. The second-order valence-electron chi connectivity index (χ2n) is 3.50. The molecule has 1 rings (SSSR count). The number of hydrogen-bond donors (Lipinski definition) is 1. The van der Waals surface area contributed by atoms with Gasteiger partial charge in [-0.25, -0.2) is 8.78 Å². The van der Waals surface area contributed by atoms with Crippen LogP contribution >= 0.6 is 0 Å². The van der Waals surface area contributed by atoms with E-state index in [9.17, 15) is 8.78 Å². The normalized spacial score (nSPS) is 13.1. The lowest BCUT2D eigenvalue weighted by molar-refractivity contribution is 0.0983. The standard InChI is InChI=1S/C11H16F2N2/c1-3-6-14-10(11(12)13)9-5-4-8(2)15-7-9/h4-5,7,10-11,14H,3,6H2,1-2H3. The van der Waals surface area contributed by atoms with Crippen LogP contribution in [0.4, 0.5) is 8.78 Å². The van der Waals surface area contributed by atoms with E-state index in [0.717, 1.165) is 12.1 Å². The van der Waals surface area contributed by atoms with Crippen LogP contribution in [0.2, 0.25) is 0 Å². The summed E-state index contributed by atoms with van der Waals surface area (Å²) in [7, 11) is 0. The molecule has 0 saturated carbocycles. The molecule has 15 heavy (non-hydrogen) atoms. The minimum Gasteiger partial charge on any atom is -0.305 e. The van der Waals surface area contributed by atoms with Crippen molar-refractivity contribution in [3.8, 4) is 0 Å². The molecule has 1 aromatic rings. The molecule has 1 unspecified atom stereocenters. The number of aryl methyl sites for hydroxylation is 1. The van der Waals surface area contributed by atoms with Crippen molar-refractivity contribution in [3.63, 3.8) is 0 Å². The Hall–Kier alpha value is -1.03. The number of nitrogens with zero attached hydrogens (tertiary/aromatic N) is 1. The molecule has 4 heteroatoms. The third kappa shape index (κ3) is 3.55. The van der Waals surface area contributed by atoms with Crippen molar-refractivity contribution in [2.24, 2.45) is 0 Å². The van der Waals surface area contributed by atoms with Crippen LogP contribution in [-0.4, -0.2) is 18.0 Å². The molecule has 84 valence electrons. The zero-order valence-electron chi connectivity index (χ0n) is 9.00. The Labute approximate surface area is 88.7 Å². The summed E-state index contributed by atoms with van der Waals surface area (Å²) >= 11 is 0. The average Bonchev–Trinajstić information content (AvgIpc) is 2.21. The molecule has 0 aliphatic carbocycles. The van der Waals surface area contributed by atoms with Crippen LogP contribution in [0.5, 0.6) is 0 Å². The van der Waals surface area contributed by atoms with Crippen LogP contribution in [-0.2, 0) is 0 Å². The van der Waals surface area contributed by atoms with Crippen molar-refractivity contribution >= 4 is 0 Å². The van der Waals surface area contributed by atoms with E-state index in [2.05, 4.69) is 10.3 Å². The summed E-state index contributed by atoms with van der Waals surface area (Å²) < 4.78 is 25.4. The fourth-order valence-electron chi connectivity index (χ4n) is 1.32. The predicted octanol–water partition coefficient (Wildman–Crippen LogP) is 2.70. The van der Waals surface area contributed by atoms with Gasteiger partial charge in [-0.15, -0.1) is 0 Å². The third-order valence-electron chi connectivity index (χ3n) is 2.16. The van der Waals surface area contributed by atoms with Gasteiger partial charge in [-0.2, -0.15) is 0 Å². The summed E-state index contributed by atoms with van der Waals surface area (Å²) in [5.41, 5.74) is 1.38. The van der Waals surface area contributed by atoms with Crippen molar-refractivity contribution in [2.75, 3.05) is 6.54 Å². The Bertz CT molecular complexity index is 285. The van der Waals surface area contributed by atoms with Gasteiger partial charge in [0.05, 0.1) is 6.04 Å². The molecule has 0 saturated heterocycles. The van der Waals surface area contributed by atoms with Gasteiger partial charge in [0.1, 0.15) is 0 Å². The minimum atomic E-state index is -2.40. The molecular weight excluding hydrogens is 198 g/mol. The van der Waals surface area contributed by atoms with Gasteiger partial charge >= 0.3 is 0 Å². The summed E-state index contributed by atoms with van der Waals surface area (Å²) in [5.74, 6) is 0. The highest BCUT2D eigenvalue weighted by atomic mass is 19.3. The first kappa shape index (κ1) is 12.0. The maximum atomic E-state index is 12.7. The summed E-state index contributed by atoms with van der Waals surface area (Å²) in [5, 5.41) is 2.81. The van der Waals surface area contributed by atoms with Crippen molar-refractivity contribution in [1.82, 2.24) is 10.3 Å². The average molecular weight is 214 g/mol. The Morgan fingerprint density at radius 2 is 2.13 bits per heavy atom. The van der Waals surface area contributed by atoms with Crippen LogP contribution in [0.15, 0.2) is 18.3 Å². The Balaban J connectivity index is 2.74. The van der Waals surface area contributed by atoms with E-state index >= 15 is 0 Å². The van der Waals surface area contributed by atoms with Crippen molar-refractivity contribution in [1.29, 1.82) is 0 Å². The van der Waals surface area contributed by atoms with Crippen LogP contribution < -0.4 is 5.32 Å². The molecule has 0 fully saturated rings. The van der Waals surface area contributed by atoms with Gasteiger partial charge in [-0.05, 0) is 31.5 Å². The zero-order chi connectivity index (χ0) is 11.3. The first-order valence-corrected chi connectivity index (χ1v) is 5.09. The Morgan fingerprint density at radius 3 is 2.60 bits per heavy atom. The van der Waals surface area contributed by atoms with Gasteiger partial charge in [0.2, 0.25) is 0 Å². The van der Waals surface area contributed by atoms with E-state index < -0.39 is 12.5 Å². The topological polar surface area (TPSA) is 24.9 Å². The molecule has 1 atom stereocenters. The first-order valence-electron chi connectivity index (χ1n) is 5.09. The molecule has 0 spiro atoms. The van der Waals surface area contributed by atoms with Crippen LogP contribution in [0.3, 0.4) is 0 Å². The molecule has 0 aliphatic rings. The number of hydrogen-bond acceptors (Lipinski definition) is 2. The second-order valence-corrected chi connectivity index (χ2v) is 3.50. The molecule has 2 nitrogen and oxygen atoms in total. The lowest BCUT2D eigenvalue weighted by atomic mass is 10.1. The van der Waals surface area contributed by atoms with Gasteiger partial charge in [0.25, 0.3) is 6.43 Å². The molecule has 1 aromatic heterocycles. The monoisotopic (exact) mass is 214 g/mol. The van der Waals surface area contributed by atoms with Crippen LogP contribution in [0.25, 0.3) is 0 Å². The quantitative estimate of drug-likeness (QED) is 0.815. The molecule has 0 bridgehead atoms. The smallest absolute Gasteiger partial charge is 0.257 e. The molecule has 0 aliphatic heterocycles. The zero-order valence-corrected chi connectivity index (χ0v) is 9.00. The minimum absolute atomic E-state index is 0.545. The number of rotatable bonds is 5. The van der Waals surface area contributed by atoms with E-state index in [4.69, 9.17) is 0 Å². The maximum Gasteiger partial charge on any atom is 0.257 e. The van der Waals surface area contributed by atoms with Crippen LogP contribution in [0, 0.1) is 6.92 Å². The summed E-state index contributed by atoms with van der Waals surface area (Å²) in [6.45, 7) is 4.37. The summed E-state index contributed by atoms with van der Waals surface area (Å²) in [4.78, 5) is 4.02. The van der Waals surface area contributed by atoms with Gasteiger partial charge in [-0.3, -0.25) is 4.98 Å². The van der Waals surface area contributed by atoms with E-state index in [1.807, 2.05) is 13.8 Å². The van der Waals surface area contributed by atoms with E-state index in [0.29, 0.717) is 12.1 Å². The first-order chi connectivity index (χ1) is 7.15. The third-order valence-corrected chi connectivity index (χ3v) is 2.16. The number of nitrogens with one attached hydrogen (secondary N) is 1. The Kier molecular flexibility index (Phi) is 4.62. The van der Waals surface area contributed by atoms with Crippen LogP contribution in [0.1, 0.15) is 30.6 Å². The number of aromatic nitrogens is 1. The molecule has 0 aromatic carbocycles. The molecule has 0 amide bonds. The lowest BCUT2D eigenvalue weighted by Crippen LogP contribution is -2.28. The summed E-state index contributed by atoms with van der Waals surface area (Å²) in [6.07, 6.45) is -0.0572. The van der Waals surface area contributed by atoms with Gasteiger partial charge in [0.15, 0.2) is 0 Å². The van der Waals surface area contributed by atoms with E-state index in [1.54, 1.807) is 12.1 Å². The van der Waals surface area contributed by atoms with Gasteiger partial charge < -0.3 is 5.32 Å². The maximum absolute atomic E-state index is 12.7. The fourth-order valence-corrected chi connectivity index (χ4v) is 1.32. The predicted molar refractivity (Wildman–Crippen MR) is 56.0 cm³/mol. The lowest BCUT2D eigenvalue weighted by Gasteiger charge is -2.17. The number of halogens is 2. The Morgan fingerprint density at radius 1 is 1.40 bits per heavy atom. The SMILES string of the molecule is CCCNC(c1ccc(C)nc1)C(F)F. The second kappa shape index (κ2) is 5.75. The van der Waals surface area contributed by atoms with Gasteiger partial charge in [-0.1, -0.05) is 13.0 Å². The fraction of sp³-hybridized carbons (Fsp3) is 0.545. The number of pyridine rings is 1. The van der Waals surface area contributed by atoms with Crippen molar-refractivity contribution in [2.45, 2.75) is 32.7 Å². The molecular formula is C11H16F2N2. The van der Waals surface area contributed by atoms with Gasteiger partial charge in [0, 0.05) is 11.9 Å². The van der Waals surface area contributed by atoms with Crippen molar-refractivity contribution < 1.29 is 8.78 Å². The van der Waals surface area contributed by atoms with E-state index in [-0.39, 0.29) is 0 Å². The number of alkyl halides is 2. The largest absolute Gasteiger partial charge is 0.305 e. The molecule has 0 radical (unpaired) electrons. The molecule has 1 N–H and O–H groups in total. The highest BCUT2D eigenvalue weighted by molar-refractivity contribution is 5.17. The van der Waals surface area contributed by atoms with Crippen molar-refractivity contribution in [3.05, 3.63) is 29.6 Å². The highest BCUT2D eigenvalue weighted by Gasteiger charge is 2.21. The molecule has 1 heterocycles.